The molecule has 1 aromatic carbocycles. The van der Waals surface area contributed by atoms with Crippen molar-refractivity contribution >= 4 is 35.1 Å². The summed E-state index contributed by atoms with van der Waals surface area (Å²) >= 11 is 7.37. The molecule has 0 spiro atoms. The fourth-order valence-corrected chi connectivity index (χ4v) is 3.13. The van der Waals surface area contributed by atoms with Gasteiger partial charge in [-0.05, 0) is 31.2 Å². The highest BCUT2D eigenvalue weighted by molar-refractivity contribution is 7.99. The lowest BCUT2D eigenvalue weighted by Gasteiger charge is -2.04. The van der Waals surface area contributed by atoms with Gasteiger partial charge >= 0.3 is 0 Å². The van der Waals surface area contributed by atoms with E-state index >= 15 is 0 Å². The first-order valence-electron chi connectivity index (χ1n) is 7.54. The first-order chi connectivity index (χ1) is 12.0. The molecule has 25 heavy (non-hydrogen) atoms. The summed E-state index contributed by atoms with van der Waals surface area (Å²) in [5.74, 6) is 2.28. The zero-order valence-corrected chi connectivity index (χ0v) is 15.3. The predicted molar refractivity (Wildman–Crippen MR) is 96.7 cm³/mol. The Bertz CT molecular complexity index is 875. The van der Waals surface area contributed by atoms with Gasteiger partial charge in [0.25, 0.3) is 0 Å². The molecular weight excluding hydrogens is 362 g/mol. The Kier molecular flexibility index (Phi) is 5.40. The number of nitrogens with one attached hydrogen (secondary N) is 1. The smallest absolute Gasteiger partial charge is 0.226 e. The fourth-order valence-electron chi connectivity index (χ4n) is 2.16. The minimum Gasteiger partial charge on any atom is -0.360 e. The normalized spacial score (nSPS) is 10.8. The maximum absolute atomic E-state index is 11.9. The molecule has 2 heterocycles. The number of amides is 1. The number of hydrogen-bond donors (Lipinski definition) is 1. The highest BCUT2D eigenvalue weighted by Gasteiger charge is 2.12. The number of hydrogen-bond acceptors (Lipinski definition) is 6. The van der Waals surface area contributed by atoms with Crippen LogP contribution < -0.4 is 5.32 Å². The van der Waals surface area contributed by atoms with Gasteiger partial charge in [0.1, 0.15) is 5.76 Å². The number of aryl methyl sites for hydroxylation is 1. The summed E-state index contributed by atoms with van der Waals surface area (Å²) in [6, 6.07) is 9.09. The van der Waals surface area contributed by atoms with Gasteiger partial charge in [0.05, 0.1) is 0 Å². The summed E-state index contributed by atoms with van der Waals surface area (Å²) in [4.78, 5) is 11.9. The number of nitrogens with zero attached hydrogens (tertiary/aromatic N) is 4. The molecule has 0 aliphatic carbocycles. The molecule has 0 fully saturated rings. The van der Waals surface area contributed by atoms with Gasteiger partial charge in [0.15, 0.2) is 16.8 Å². The fraction of sp³-hybridized carbons (Fsp3) is 0.250. The summed E-state index contributed by atoms with van der Waals surface area (Å²) in [5.41, 5.74) is 0.936. The van der Waals surface area contributed by atoms with E-state index in [-0.39, 0.29) is 5.91 Å². The quantitative estimate of drug-likeness (QED) is 0.661. The number of aromatic nitrogens is 4. The molecule has 0 aliphatic heterocycles. The second-order valence-electron chi connectivity index (χ2n) is 5.34. The molecule has 1 amide bonds. The molecule has 0 saturated heterocycles. The molecule has 9 heteroatoms. The number of benzene rings is 1. The van der Waals surface area contributed by atoms with Gasteiger partial charge in [-0.25, -0.2) is 0 Å². The van der Waals surface area contributed by atoms with E-state index in [0.717, 1.165) is 16.5 Å². The zero-order chi connectivity index (χ0) is 17.8. The van der Waals surface area contributed by atoms with E-state index in [0.29, 0.717) is 28.8 Å². The Morgan fingerprint density at radius 2 is 2.08 bits per heavy atom. The van der Waals surface area contributed by atoms with Crippen LogP contribution in [0.2, 0.25) is 5.02 Å². The molecule has 0 atom stereocenters. The van der Waals surface area contributed by atoms with E-state index < -0.39 is 0 Å². The standard InChI is InChI=1S/C16H16ClN5O2S/c1-10-9-13(21-24-10)18-14(23)7-8-25-16-20-19-15(22(16)2)11-3-5-12(17)6-4-11/h3-6,9H,7-8H2,1-2H3,(H,18,21,23). The van der Waals surface area contributed by atoms with Crippen LogP contribution in [0.1, 0.15) is 12.2 Å². The molecule has 1 N–H and O–H groups in total. The first kappa shape index (κ1) is 17.5. The van der Waals surface area contributed by atoms with E-state index in [1.165, 1.54) is 11.8 Å². The summed E-state index contributed by atoms with van der Waals surface area (Å²) in [5, 5.41) is 16.2. The van der Waals surface area contributed by atoms with Crippen molar-refractivity contribution in [2.75, 3.05) is 11.1 Å². The zero-order valence-electron chi connectivity index (χ0n) is 13.7. The van der Waals surface area contributed by atoms with Crippen molar-refractivity contribution in [1.29, 1.82) is 0 Å². The SMILES string of the molecule is Cc1cc(NC(=O)CCSc2nnc(-c3ccc(Cl)cc3)n2C)no1. The van der Waals surface area contributed by atoms with Crippen molar-refractivity contribution in [2.45, 2.75) is 18.5 Å². The van der Waals surface area contributed by atoms with Crippen LogP contribution in [0.4, 0.5) is 5.82 Å². The lowest BCUT2D eigenvalue weighted by Crippen LogP contribution is -2.12. The van der Waals surface area contributed by atoms with Crippen LogP contribution in [0, 0.1) is 6.92 Å². The number of rotatable bonds is 6. The van der Waals surface area contributed by atoms with Gasteiger partial charge in [0, 0.05) is 35.9 Å². The van der Waals surface area contributed by atoms with Gasteiger partial charge in [-0.2, -0.15) is 0 Å². The first-order valence-corrected chi connectivity index (χ1v) is 8.90. The van der Waals surface area contributed by atoms with Crippen LogP contribution in [0.25, 0.3) is 11.4 Å². The van der Waals surface area contributed by atoms with E-state index in [2.05, 4.69) is 20.7 Å². The summed E-state index contributed by atoms with van der Waals surface area (Å²) in [6.45, 7) is 1.77. The molecule has 0 unspecified atom stereocenters. The van der Waals surface area contributed by atoms with Crippen molar-refractivity contribution in [3.8, 4) is 11.4 Å². The molecule has 0 radical (unpaired) electrons. The van der Waals surface area contributed by atoms with Crippen molar-refractivity contribution in [1.82, 2.24) is 19.9 Å². The second kappa shape index (κ2) is 7.71. The maximum atomic E-state index is 11.9. The Morgan fingerprint density at radius 1 is 1.32 bits per heavy atom. The second-order valence-corrected chi connectivity index (χ2v) is 6.84. The Labute approximate surface area is 153 Å². The Morgan fingerprint density at radius 3 is 2.76 bits per heavy atom. The number of anilines is 1. The average molecular weight is 378 g/mol. The molecule has 0 aliphatic rings. The molecule has 3 rings (SSSR count). The molecule has 130 valence electrons. The van der Waals surface area contributed by atoms with E-state index in [1.807, 2.05) is 35.9 Å². The van der Waals surface area contributed by atoms with Gasteiger partial charge in [-0.1, -0.05) is 28.5 Å². The summed E-state index contributed by atoms with van der Waals surface area (Å²) in [6.07, 6.45) is 0.333. The van der Waals surface area contributed by atoms with Crippen molar-refractivity contribution in [2.24, 2.45) is 7.05 Å². The van der Waals surface area contributed by atoms with Gasteiger partial charge in [0.2, 0.25) is 5.91 Å². The Balaban J connectivity index is 1.55. The third-order valence-electron chi connectivity index (χ3n) is 3.39. The van der Waals surface area contributed by atoms with Crippen LogP contribution in [-0.2, 0) is 11.8 Å². The highest BCUT2D eigenvalue weighted by atomic mass is 35.5. The monoisotopic (exact) mass is 377 g/mol. The third-order valence-corrected chi connectivity index (χ3v) is 4.67. The van der Waals surface area contributed by atoms with Crippen LogP contribution in [-0.4, -0.2) is 31.6 Å². The highest BCUT2D eigenvalue weighted by Crippen LogP contribution is 2.24. The molecule has 7 nitrogen and oxygen atoms in total. The lowest BCUT2D eigenvalue weighted by molar-refractivity contribution is -0.115. The molecule has 0 bridgehead atoms. The van der Waals surface area contributed by atoms with Gasteiger partial charge in [-0.3, -0.25) is 4.79 Å². The topological polar surface area (TPSA) is 85.8 Å². The van der Waals surface area contributed by atoms with Crippen LogP contribution >= 0.6 is 23.4 Å². The molecule has 3 aromatic rings. The minimum atomic E-state index is -0.124. The molecule has 0 saturated carbocycles. The minimum absolute atomic E-state index is 0.124. The van der Waals surface area contributed by atoms with E-state index in [4.69, 9.17) is 16.1 Å². The van der Waals surface area contributed by atoms with E-state index in [9.17, 15) is 4.79 Å². The average Bonchev–Trinajstić information content (AvgIpc) is 3.15. The van der Waals surface area contributed by atoms with Crippen LogP contribution in [0.3, 0.4) is 0 Å². The van der Waals surface area contributed by atoms with Crippen molar-refractivity contribution < 1.29 is 9.32 Å². The van der Waals surface area contributed by atoms with Crippen LogP contribution in [0.5, 0.6) is 0 Å². The predicted octanol–water partition coefficient (Wildman–Crippen LogP) is 3.55. The Hall–Kier alpha value is -2.32. The summed E-state index contributed by atoms with van der Waals surface area (Å²) < 4.78 is 6.80. The largest absolute Gasteiger partial charge is 0.360 e. The summed E-state index contributed by atoms with van der Waals surface area (Å²) in [7, 11) is 1.89. The molecule has 2 aromatic heterocycles. The number of carbonyl (C=O) groups excluding carboxylic acids is 1. The van der Waals surface area contributed by atoms with Gasteiger partial charge < -0.3 is 14.4 Å². The number of carbonyl (C=O) groups is 1. The van der Waals surface area contributed by atoms with Crippen molar-refractivity contribution in [3.05, 3.63) is 41.1 Å². The number of thioether (sulfide) groups is 1. The van der Waals surface area contributed by atoms with E-state index in [1.54, 1.807) is 13.0 Å². The molecular formula is C16H16ClN5O2S. The third kappa shape index (κ3) is 4.40. The van der Waals surface area contributed by atoms with Gasteiger partial charge in [-0.15, -0.1) is 10.2 Å². The number of halogens is 1. The lowest BCUT2D eigenvalue weighted by atomic mass is 10.2. The van der Waals surface area contributed by atoms with Crippen molar-refractivity contribution in [3.63, 3.8) is 0 Å². The maximum Gasteiger partial charge on any atom is 0.226 e. The van der Waals surface area contributed by atoms with Crippen LogP contribution in [0.15, 0.2) is 40.0 Å².